The predicted octanol–water partition coefficient (Wildman–Crippen LogP) is 2.54. The lowest BCUT2D eigenvalue weighted by Crippen LogP contribution is -2.42. The van der Waals surface area contributed by atoms with E-state index in [4.69, 9.17) is 15.7 Å². The highest BCUT2D eigenvalue weighted by atomic mass is 32.2. The standard InChI is InChI=1S/C12H17N3OS2/c1-3-8-7-15(4-5-16-8)12-11(17-2)10(14)9(6-13)18-12/h8H,3-5,7,14H2,1-2H3. The minimum absolute atomic E-state index is 0.280. The maximum atomic E-state index is 9.08. The minimum atomic E-state index is 0.280. The third-order valence-corrected chi connectivity index (χ3v) is 5.19. The molecule has 1 fully saturated rings. The predicted molar refractivity (Wildman–Crippen MR) is 77.5 cm³/mol. The average molecular weight is 283 g/mol. The molecule has 2 rings (SSSR count). The van der Waals surface area contributed by atoms with Gasteiger partial charge in [-0.2, -0.15) is 5.26 Å². The Kier molecular flexibility index (Phi) is 4.38. The summed E-state index contributed by atoms with van der Waals surface area (Å²) in [6.07, 6.45) is 3.29. The summed E-state index contributed by atoms with van der Waals surface area (Å²) in [4.78, 5) is 3.95. The normalized spacial score (nSPS) is 19.8. The molecule has 0 saturated carbocycles. The maximum Gasteiger partial charge on any atom is 0.131 e. The van der Waals surface area contributed by atoms with E-state index < -0.39 is 0 Å². The molecule has 1 aliphatic rings. The number of nitrogens with two attached hydrogens (primary N) is 1. The topological polar surface area (TPSA) is 62.3 Å². The number of rotatable bonds is 3. The molecule has 1 atom stereocenters. The number of nitrogen functional groups attached to an aromatic ring is 1. The van der Waals surface area contributed by atoms with Crippen molar-refractivity contribution in [2.75, 3.05) is 36.6 Å². The second kappa shape index (κ2) is 5.83. The molecule has 98 valence electrons. The number of anilines is 2. The molecule has 18 heavy (non-hydrogen) atoms. The van der Waals surface area contributed by atoms with E-state index in [-0.39, 0.29) is 6.10 Å². The highest BCUT2D eigenvalue weighted by Crippen LogP contribution is 2.43. The van der Waals surface area contributed by atoms with Gasteiger partial charge in [0.25, 0.3) is 0 Å². The van der Waals surface area contributed by atoms with Crippen LogP contribution in [0, 0.1) is 11.3 Å². The number of nitriles is 1. The molecule has 0 radical (unpaired) electrons. The van der Waals surface area contributed by atoms with Crippen molar-refractivity contribution >= 4 is 33.8 Å². The number of thiophene rings is 1. The van der Waals surface area contributed by atoms with Crippen LogP contribution in [0.15, 0.2) is 4.90 Å². The van der Waals surface area contributed by atoms with Crippen molar-refractivity contribution in [3.63, 3.8) is 0 Å². The summed E-state index contributed by atoms with van der Waals surface area (Å²) in [5, 5.41) is 10.2. The van der Waals surface area contributed by atoms with E-state index in [1.165, 1.54) is 11.3 Å². The van der Waals surface area contributed by atoms with Gasteiger partial charge < -0.3 is 15.4 Å². The molecule has 6 heteroatoms. The third-order valence-electron chi connectivity index (χ3n) is 3.07. The van der Waals surface area contributed by atoms with Gasteiger partial charge in [0.05, 0.1) is 23.3 Å². The van der Waals surface area contributed by atoms with E-state index in [1.807, 2.05) is 6.26 Å². The molecule has 1 saturated heterocycles. The van der Waals surface area contributed by atoms with Crippen LogP contribution in [-0.2, 0) is 4.74 Å². The number of morpholine rings is 1. The summed E-state index contributed by atoms with van der Waals surface area (Å²) in [6, 6.07) is 2.18. The molecule has 1 aromatic rings. The van der Waals surface area contributed by atoms with Crippen LogP contribution in [-0.4, -0.2) is 32.1 Å². The van der Waals surface area contributed by atoms with Crippen molar-refractivity contribution < 1.29 is 4.74 Å². The fraction of sp³-hybridized carbons (Fsp3) is 0.583. The van der Waals surface area contributed by atoms with Crippen molar-refractivity contribution in [3.05, 3.63) is 4.88 Å². The van der Waals surface area contributed by atoms with Crippen LogP contribution in [0.25, 0.3) is 0 Å². The zero-order chi connectivity index (χ0) is 13.1. The van der Waals surface area contributed by atoms with Gasteiger partial charge in [-0.15, -0.1) is 23.1 Å². The Bertz CT molecular complexity index is 467. The molecule has 0 aliphatic carbocycles. The number of hydrogen-bond acceptors (Lipinski definition) is 6. The minimum Gasteiger partial charge on any atom is -0.396 e. The third kappa shape index (κ3) is 2.44. The van der Waals surface area contributed by atoms with E-state index >= 15 is 0 Å². The molecule has 2 N–H and O–H groups in total. The number of hydrogen-bond donors (Lipinski definition) is 1. The molecular formula is C12H17N3OS2. The summed E-state index contributed by atoms with van der Waals surface area (Å²) >= 11 is 3.11. The first-order valence-electron chi connectivity index (χ1n) is 5.94. The van der Waals surface area contributed by atoms with E-state index in [0.717, 1.165) is 36.0 Å². The van der Waals surface area contributed by atoms with Gasteiger partial charge in [-0.25, -0.2) is 0 Å². The molecule has 1 unspecified atom stereocenters. The monoisotopic (exact) mass is 283 g/mol. The molecule has 0 bridgehead atoms. The summed E-state index contributed by atoms with van der Waals surface area (Å²) < 4.78 is 5.68. The van der Waals surface area contributed by atoms with E-state index in [9.17, 15) is 0 Å². The lowest BCUT2D eigenvalue weighted by atomic mass is 10.2. The average Bonchev–Trinajstić information content (AvgIpc) is 2.75. The highest BCUT2D eigenvalue weighted by molar-refractivity contribution is 7.99. The van der Waals surface area contributed by atoms with Gasteiger partial charge in [0.1, 0.15) is 15.9 Å². The summed E-state index contributed by atoms with van der Waals surface area (Å²) in [6.45, 7) is 4.63. The number of ether oxygens (including phenoxy) is 1. The van der Waals surface area contributed by atoms with Crippen molar-refractivity contribution in [2.24, 2.45) is 0 Å². The Balaban J connectivity index is 2.30. The molecule has 0 amide bonds. The maximum absolute atomic E-state index is 9.08. The van der Waals surface area contributed by atoms with Crippen LogP contribution < -0.4 is 10.6 Å². The molecule has 0 spiro atoms. The zero-order valence-corrected chi connectivity index (χ0v) is 12.2. The van der Waals surface area contributed by atoms with Gasteiger partial charge in [0.2, 0.25) is 0 Å². The quantitative estimate of drug-likeness (QED) is 0.864. The second-order valence-electron chi connectivity index (χ2n) is 4.14. The second-order valence-corrected chi connectivity index (χ2v) is 5.96. The molecular weight excluding hydrogens is 266 g/mol. The lowest BCUT2D eigenvalue weighted by Gasteiger charge is -2.33. The van der Waals surface area contributed by atoms with Gasteiger partial charge in [0.15, 0.2) is 0 Å². The summed E-state index contributed by atoms with van der Waals surface area (Å²) in [5.74, 6) is 0. The van der Waals surface area contributed by atoms with E-state index in [0.29, 0.717) is 10.6 Å². The largest absolute Gasteiger partial charge is 0.396 e. The Morgan fingerprint density at radius 1 is 1.67 bits per heavy atom. The molecule has 2 heterocycles. The molecule has 1 aliphatic heterocycles. The van der Waals surface area contributed by atoms with Crippen LogP contribution >= 0.6 is 23.1 Å². The van der Waals surface area contributed by atoms with Gasteiger partial charge in [-0.3, -0.25) is 0 Å². The molecule has 4 nitrogen and oxygen atoms in total. The SMILES string of the molecule is CCC1CN(c2sc(C#N)c(N)c2SC)CCO1. The first-order valence-corrected chi connectivity index (χ1v) is 7.98. The van der Waals surface area contributed by atoms with E-state index in [1.54, 1.807) is 11.8 Å². The van der Waals surface area contributed by atoms with Crippen molar-refractivity contribution in [1.82, 2.24) is 0 Å². The molecule has 0 aromatic carbocycles. The first kappa shape index (κ1) is 13.5. The van der Waals surface area contributed by atoms with Crippen LogP contribution in [0.1, 0.15) is 18.2 Å². The Hall–Kier alpha value is -0.900. The Morgan fingerprint density at radius 2 is 2.44 bits per heavy atom. The highest BCUT2D eigenvalue weighted by Gasteiger charge is 2.25. The van der Waals surface area contributed by atoms with E-state index in [2.05, 4.69) is 17.9 Å². The van der Waals surface area contributed by atoms with Crippen LogP contribution in [0.5, 0.6) is 0 Å². The fourth-order valence-corrected chi connectivity index (χ4v) is 4.07. The number of thioether (sulfide) groups is 1. The van der Waals surface area contributed by atoms with Gasteiger partial charge in [-0.1, -0.05) is 6.92 Å². The zero-order valence-electron chi connectivity index (χ0n) is 10.6. The van der Waals surface area contributed by atoms with Gasteiger partial charge in [-0.05, 0) is 12.7 Å². The first-order chi connectivity index (χ1) is 8.71. The van der Waals surface area contributed by atoms with Crippen molar-refractivity contribution in [1.29, 1.82) is 5.26 Å². The van der Waals surface area contributed by atoms with Gasteiger partial charge in [0, 0.05) is 13.1 Å². The molecule has 1 aromatic heterocycles. The van der Waals surface area contributed by atoms with Crippen LogP contribution in [0.3, 0.4) is 0 Å². The summed E-state index contributed by atoms with van der Waals surface area (Å²) in [5.41, 5.74) is 6.64. The van der Waals surface area contributed by atoms with Crippen molar-refractivity contribution in [3.8, 4) is 6.07 Å². The Labute approximate surface area is 116 Å². The smallest absolute Gasteiger partial charge is 0.131 e. The van der Waals surface area contributed by atoms with Crippen LogP contribution in [0.4, 0.5) is 10.7 Å². The lowest BCUT2D eigenvalue weighted by molar-refractivity contribution is 0.0385. The van der Waals surface area contributed by atoms with Crippen LogP contribution in [0.2, 0.25) is 0 Å². The van der Waals surface area contributed by atoms with Gasteiger partial charge >= 0.3 is 0 Å². The summed E-state index contributed by atoms with van der Waals surface area (Å²) in [7, 11) is 0. The fourth-order valence-electron chi connectivity index (χ4n) is 2.06. The Morgan fingerprint density at radius 3 is 3.06 bits per heavy atom. The number of nitrogens with zero attached hydrogens (tertiary/aromatic N) is 2. The van der Waals surface area contributed by atoms with Crippen molar-refractivity contribution in [2.45, 2.75) is 24.3 Å².